The average molecular weight is 353 g/mol. The Bertz CT molecular complexity index is 764. The molecule has 2 atom stereocenters. The summed E-state index contributed by atoms with van der Waals surface area (Å²) in [6.07, 6.45) is 0. The molecule has 0 saturated heterocycles. The third-order valence-corrected chi connectivity index (χ3v) is 4.32. The Kier molecular flexibility index (Phi) is 5.63. The molecular weight excluding hydrogens is 336 g/mol. The second kappa shape index (κ2) is 7.50. The van der Waals surface area contributed by atoms with Crippen molar-refractivity contribution in [1.82, 2.24) is 5.32 Å². The summed E-state index contributed by atoms with van der Waals surface area (Å²) in [6, 6.07) is 3.63. The first kappa shape index (κ1) is 18.0. The third kappa shape index (κ3) is 4.15. The Hall–Kier alpha value is -2.32. The van der Waals surface area contributed by atoms with Crippen molar-refractivity contribution in [2.45, 2.75) is 25.9 Å². The number of nitrogens with one attached hydrogen (secondary N) is 2. The SMILES string of the molecule is C[C@@H](N[C@H](C)c1ccc(F)cc1F)C(=O)Nc1sccc1C(N)=O. The molecule has 0 aliphatic carbocycles. The maximum atomic E-state index is 13.8. The van der Waals surface area contributed by atoms with Gasteiger partial charge in [-0.1, -0.05) is 6.07 Å². The predicted octanol–water partition coefficient (Wildman–Crippen LogP) is 2.80. The molecule has 5 nitrogen and oxygen atoms in total. The zero-order valence-electron chi connectivity index (χ0n) is 13.1. The van der Waals surface area contributed by atoms with E-state index in [1.54, 1.807) is 19.2 Å². The van der Waals surface area contributed by atoms with Gasteiger partial charge in [-0.2, -0.15) is 0 Å². The number of thiophene rings is 1. The number of hydrogen-bond donors (Lipinski definition) is 3. The van der Waals surface area contributed by atoms with E-state index in [1.165, 1.54) is 23.5 Å². The molecule has 1 aromatic heterocycles. The molecule has 2 aromatic rings. The van der Waals surface area contributed by atoms with Gasteiger partial charge in [0.25, 0.3) is 5.91 Å². The third-order valence-electron chi connectivity index (χ3n) is 3.49. The Morgan fingerprint density at radius 1 is 1.21 bits per heavy atom. The summed E-state index contributed by atoms with van der Waals surface area (Å²) in [6.45, 7) is 3.27. The predicted molar refractivity (Wildman–Crippen MR) is 88.8 cm³/mol. The molecule has 128 valence electrons. The number of primary amides is 1. The second-order valence-corrected chi connectivity index (χ2v) is 6.21. The molecule has 2 rings (SSSR count). The van der Waals surface area contributed by atoms with Gasteiger partial charge >= 0.3 is 0 Å². The number of hydrogen-bond acceptors (Lipinski definition) is 4. The number of amides is 2. The summed E-state index contributed by atoms with van der Waals surface area (Å²) in [5.41, 5.74) is 5.71. The molecule has 0 spiro atoms. The number of carbonyl (C=O) groups is 2. The minimum Gasteiger partial charge on any atom is -0.366 e. The minimum atomic E-state index is -0.683. The molecule has 8 heteroatoms. The van der Waals surface area contributed by atoms with Gasteiger partial charge in [0.05, 0.1) is 11.6 Å². The monoisotopic (exact) mass is 353 g/mol. The van der Waals surface area contributed by atoms with E-state index in [4.69, 9.17) is 5.73 Å². The number of rotatable bonds is 6. The molecule has 2 amide bonds. The summed E-state index contributed by atoms with van der Waals surface area (Å²) in [7, 11) is 0. The lowest BCUT2D eigenvalue weighted by Gasteiger charge is -2.20. The van der Waals surface area contributed by atoms with E-state index in [2.05, 4.69) is 10.6 Å². The number of halogens is 2. The van der Waals surface area contributed by atoms with Crippen LogP contribution in [0.25, 0.3) is 0 Å². The van der Waals surface area contributed by atoms with Gasteiger partial charge in [0.2, 0.25) is 5.91 Å². The number of anilines is 1. The lowest BCUT2D eigenvalue weighted by atomic mass is 10.1. The first-order valence-corrected chi connectivity index (χ1v) is 8.06. The minimum absolute atomic E-state index is 0.234. The molecular formula is C16H17F2N3O2S. The molecule has 24 heavy (non-hydrogen) atoms. The van der Waals surface area contributed by atoms with Crippen LogP contribution in [0, 0.1) is 11.6 Å². The van der Waals surface area contributed by atoms with Gasteiger partial charge in [0.1, 0.15) is 16.6 Å². The molecule has 0 bridgehead atoms. The highest BCUT2D eigenvalue weighted by molar-refractivity contribution is 7.14. The largest absolute Gasteiger partial charge is 0.366 e. The van der Waals surface area contributed by atoms with E-state index in [-0.39, 0.29) is 11.1 Å². The lowest BCUT2D eigenvalue weighted by Crippen LogP contribution is -2.39. The summed E-state index contributed by atoms with van der Waals surface area (Å²) in [5.74, 6) is -2.37. The highest BCUT2D eigenvalue weighted by Gasteiger charge is 2.20. The van der Waals surface area contributed by atoms with Gasteiger partial charge in [-0.15, -0.1) is 11.3 Å². The maximum absolute atomic E-state index is 13.8. The Morgan fingerprint density at radius 3 is 2.54 bits per heavy atom. The van der Waals surface area contributed by atoms with Crippen LogP contribution >= 0.6 is 11.3 Å². The Morgan fingerprint density at radius 2 is 1.92 bits per heavy atom. The second-order valence-electron chi connectivity index (χ2n) is 5.29. The van der Waals surface area contributed by atoms with Crippen molar-refractivity contribution < 1.29 is 18.4 Å². The molecule has 1 heterocycles. The van der Waals surface area contributed by atoms with Crippen LogP contribution in [0.3, 0.4) is 0 Å². The van der Waals surface area contributed by atoms with Gasteiger partial charge in [-0.05, 0) is 31.4 Å². The van der Waals surface area contributed by atoms with Crippen molar-refractivity contribution in [3.8, 4) is 0 Å². The van der Waals surface area contributed by atoms with E-state index < -0.39 is 35.5 Å². The van der Waals surface area contributed by atoms with Crippen molar-refractivity contribution in [2.24, 2.45) is 5.73 Å². The van der Waals surface area contributed by atoms with E-state index in [0.29, 0.717) is 5.00 Å². The highest BCUT2D eigenvalue weighted by atomic mass is 32.1. The molecule has 0 saturated carbocycles. The van der Waals surface area contributed by atoms with Gasteiger partial charge in [0, 0.05) is 17.7 Å². The van der Waals surface area contributed by atoms with Crippen LogP contribution in [0.5, 0.6) is 0 Å². The average Bonchev–Trinajstić information content (AvgIpc) is 2.95. The zero-order valence-corrected chi connectivity index (χ0v) is 13.9. The molecule has 4 N–H and O–H groups in total. The zero-order chi connectivity index (χ0) is 17.9. The van der Waals surface area contributed by atoms with Crippen molar-refractivity contribution in [2.75, 3.05) is 5.32 Å². The summed E-state index contributed by atoms with van der Waals surface area (Å²) >= 11 is 1.18. The molecule has 0 radical (unpaired) electrons. The van der Waals surface area contributed by atoms with E-state index in [9.17, 15) is 18.4 Å². The summed E-state index contributed by atoms with van der Waals surface area (Å²) in [5, 5.41) is 7.55. The van der Waals surface area contributed by atoms with Crippen molar-refractivity contribution in [3.05, 3.63) is 52.4 Å². The van der Waals surface area contributed by atoms with Gasteiger partial charge in [-0.25, -0.2) is 8.78 Å². The highest BCUT2D eigenvalue weighted by Crippen LogP contribution is 2.23. The first-order valence-electron chi connectivity index (χ1n) is 7.18. The molecule has 0 aliphatic rings. The van der Waals surface area contributed by atoms with Crippen LogP contribution in [0.1, 0.15) is 35.8 Å². The fraction of sp³-hybridized carbons (Fsp3) is 0.250. The number of nitrogens with two attached hydrogens (primary N) is 1. The van der Waals surface area contributed by atoms with Crippen LogP contribution < -0.4 is 16.4 Å². The first-order chi connectivity index (χ1) is 11.3. The van der Waals surface area contributed by atoms with Gasteiger partial charge < -0.3 is 11.1 Å². The van der Waals surface area contributed by atoms with E-state index in [0.717, 1.165) is 12.1 Å². The summed E-state index contributed by atoms with van der Waals surface area (Å²) in [4.78, 5) is 23.5. The lowest BCUT2D eigenvalue weighted by molar-refractivity contribution is -0.117. The Labute approximate surface area is 141 Å². The van der Waals surface area contributed by atoms with Crippen LogP contribution in [0.2, 0.25) is 0 Å². The normalized spacial score (nSPS) is 13.3. The smallest absolute Gasteiger partial charge is 0.251 e. The molecule has 0 fully saturated rings. The van der Waals surface area contributed by atoms with Crippen LogP contribution in [0.15, 0.2) is 29.6 Å². The quantitative estimate of drug-likeness (QED) is 0.747. The standard InChI is InChI=1S/C16H17F2N3O2S/c1-8(11-4-3-10(17)7-13(11)18)20-9(2)15(23)21-16-12(14(19)22)5-6-24-16/h3-9,20H,1-2H3,(H2,19,22)(H,21,23)/t8-,9-/m1/s1. The van der Waals surface area contributed by atoms with Crippen LogP contribution in [-0.2, 0) is 4.79 Å². The van der Waals surface area contributed by atoms with Crippen molar-refractivity contribution >= 4 is 28.2 Å². The maximum Gasteiger partial charge on any atom is 0.251 e. The molecule has 1 aromatic carbocycles. The van der Waals surface area contributed by atoms with Gasteiger partial charge in [0.15, 0.2) is 0 Å². The number of carbonyl (C=O) groups excluding carboxylic acids is 2. The van der Waals surface area contributed by atoms with Gasteiger partial charge in [-0.3, -0.25) is 14.9 Å². The van der Waals surface area contributed by atoms with E-state index in [1.807, 2.05) is 0 Å². The molecule has 0 aliphatic heterocycles. The van der Waals surface area contributed by atoms with Crippen LogP contribution in [-0.4, -0.2) is 17.9 Å². The van der Waals surface area contributed by atoms with Crippen LogP contribution in [0.4, 0.5) is 13.8 Å². The fourth-order valence-corrected chi connectivity index (χ4v) is 3.01. The van der Waals surface area contributed by atoms with Crippen molar-refractivity contribution in [3.63, 3.8) is 0 Å². The molecule has 0 unspecified atom stereocenters. The number of benzene rings is 1. The summed E-state index contributed by atoms with van der Waals surface area (Å²) < 4.78 is 26.7. The Balaban J connectivity index is 2.03. The van der Waals surface area contributed by atoms with Crippen molar-refractivity contribution in [1.29, 1.82) is 0 Å². The van der Waals surface area contributed by atoms with E-state index >= 15 is 0 Å². The topological polar surface area (TPSA) is 84.2 Å². The fourth-order valence-electron chi connectivity index (χ4n) is 2.21.